The first-order valence-electron chi connectivity index (χ1n) is 18.4. The van der Waals surface area contributed by atoms with Crippen LogP contribution in [0.3, 0.4) is 0 Å². The summed E-state index contributed by atoms with van der Waals surface area (Å²) in [5.41, 5.74) is -5.35. The minimum absolute atomic E-state index is 0.0504. The second kappa shape index (κ2) is 14.3. The van der Waals surface area contributed by atoms with Gasteiger partial charge in [-0.05, 0) is 49.6 Å². The first kappa shape index (κ1) is 39.6. The highest BCUT2D eigenvalue weighted by Crippen LogP contribution is 2.50. The zero-order valence-corrected chi connectivity index (χ0v) is 32.3. The van der Waals surface area contributed by atoms with Crippen LogP contribution in [0.2, 0.25) is 0 Å². The van der Waals surface area contributed by atoms with Crippen molar-refractivity contribution in [2.75, 3.05) is 7.11 Å². The Morgan fingerprint density at radius 3 is 2.07 bits per heavy atom. The topological polar surface area (TPSA) is 291 Å². The fourth-order valence-corrected chi connectivity index (χ4v) is 8.12. The van der Waals surface area contributed by atoms with E-state index in [1.165, 1.54) is 11.5 Å². The number of hydrogen-bond donors (Lipinski definition) is 0. The summed E-state index contributed by atoms with van der Waals surface area (Å²) < 4.78 is 18.3. The van der Waals surface area contributed by atoms with Crippen LogP contribution in [-0.4, -0.2) is 60.1 Å². The Bertz CT molecular complexity index is 2890. The molecule has 0 unspecified atom stereocenters. The molecule has 4 heterocycles. The molecule has 0 radical (unpaired) electrons. The van der Waals surface area contributed by atoms with E-state index in [-0.39, 0.29) is 24.1 Å². The fraction of sp³-hybridized carbons (Fsp3) is 0.256. The van der Waals surface area contributed by atoms with Gasteiger partial charge in [0.05, 0.1) is 79.1 Å². The highest BCUT2D eigenvalue weighted by molar-refractivity contribution is 6.27. The number of pyridine rings is 2. The first-order valence-corrected chi connectivity index (χ1v) is 18.4. The Morgan fingerprint density at radius 1 is 0.902 bits per heavy atom. The van der Waals surface area contributed by atoms with Gasteiger partial charge in [0.1, 0.15) is 18.1 Å². The van der Waals surface area contributed by atoms with Crippen LogP contribution in [0, 0.1) is 40.5 Å². The number of nitrogens with zero attached hydrogens (tertiary/aromatic N) is 7. The molecule has 310 valence electrons. The van der Waals surface area contributed by atoms with Crippen LogP contribution < -0.4 is 10.3 Å². The monoisotopic (exact) mass is 835 g/mol. The maximum atomic E-state index is 14.2. The highest BCUT2D eigenvalue weighted by Gasteiger charge is 2.51. The van der Waals surface area contributed by atoms with E-state index >= 15 is 0 Å². The van der Waals surface area contributed by atoms with Gasteiger partial charge in [0.2, 0.25) is 11.7 Å². The lowest BCUT2D eigenvalue weighted by Gasteiger charge is -2.36. The van der Waals surface area contributed by atoms with E-state index in [4.69, 9.17) is 24.0 Å². The number of aromatic nitrogens is 2. The Morgan fingerprint density at radius 2 is 1.52 bits per heavy atom. The van der Waals surface area contributed by atoms with Crippen molar-refractivity contribution in [3.05, 3.63) is 133 Å². The van der Waals surface area contributed by atoms with E-state index < -0.39 is 106 Å². The van der Waals surface area contributed by atoms with Crippen molar-refractivity contribution in [2.24, 2.45) is 5.16 Å². The number of carbonyl (C=O) groups excluding carboxylic acids is 2. The van der Waals surface area contributed by atoms with Crippen LogP contribution in [-0.2, 0) is 49.1 Å². The maximum absolute atomic E-state index is 14.2. The highest BCUT2D eigenvalue weighted by atomic mass is 16.7. The molecule has 0 fully saturated rings. The molecule has 3 aromatic carbocycles. The molecule has 22 heteroatoms. The van der Waals surface area contributed by atoms with Crippen molar-refractivity contribution >= 4 is 51.3 Å². The average molecular weight is 836 g/mol. The molecule has 5 aromatic rings. The van der Waals surface area contributed by atoms with Crippen LogP contribution in [0.15, 0.2) is 58.5 Å². The number of esters is 2. The van der Waals surface area contributed by atoms with Gasteiger partial charge in [0.25, 0.3) is 28.3 Å². The molecule has 61 heavy (non-hydrogen) atoms. The third kappa shape index (κ3) is 5.97. The number of nitro benzene ring substituents is 4. The maximum Gasteiger partial charge on any atom is 0.355 e. The molecule has 0 saturated heterocycles. The van der Waals surface area contributed by atoms with Crippen molar-refractivity contribution in [1.29, 1.82) is 0 Å². The van der Waals surface area contributed by atoms with Gasteiger partial charge in [0, 0.05) is 39.8 Å². The quantitative estimate of drug-likeness (QED) is 0.0861. The van der Waals surface area contributed by atoms with E-state index in [9.17, 15) is 54.8 Å². The number of aryl methyl sites for hydroxylation is 1. The van der Waals surface area contributed by atoms with Gasteiger partial charge < -0.3 is 23.6 Å². The van der Waals surface area contributed by atoms with Crippen LogP contribution in [0.4, 0.5) is 22.7 Å². The van der Waals surface area contributed by atoms with Gasteiger partial charge in [-0.2, -0.15) is 0 Å². The number of rotatable bonds is 11. The average Bonchev–Trinajstić information content (AvgIpc) is 3.76. The molecule has 0 saturated carbocycles. The molecule has 2 atom stereocenters. The smallest absolute Gasteiger partial charge is 0.355 e. The number of carbonyl (C=O) groups is 2. The standard InChI is InChI=1S/C39H29N7O15/c1-5-21-22-13-20(58-4)7-8-28(22)40-35-25(21)15-42-31(35)14-27-26(36(42)47)16-59-38(49)39(27,6-2)60-37(48)17(3)61-41-34-23-9-18(43(50)51)11-29(45(54)55)32(23)33-24(34)10-19(44(52)53)12-30(33)46(56)57/h7-14,17H,5-6,15-16H2,1-4H3/t17-,39+/m1/s1. The lowest BCUT2D eigenvalue weighted by Crippen LogP contribution is -2.48. The third-order valence-corrected chi connectivity index (χ3v) is 11.0. The number of nitro groups is 4. The Balaban J connectivity index is 1.20. The van der Waals surface area contributed by atoms with Crippen LogP contribution in [0.25, 0.3) is 33.4 Å². The Labute approximate surface area is 340 Å². The van der Waals surface area contributed by atoms with E-state index in [1.807, 2.05) is 13.0 Å². The number of methoxy groups -OCH3 is 1. The summed E-state index contributed by atoms with van der Waals surface area (Å²) in [6.07, 6.45) is -1.39. The zero-order valence-electron chi connectivity index (χ0n) is 32.3. The minimum atomic E-state index is -2.19. The summed E-state index contributed by atoms with van der Waals surface area (Å²) in [5, 5.41) is 52.8. The summed E-state index contributed by atoms with van der Waals surface area (Å²) in [4.78, 5) is 96.2. The van der Waals surface area contributed by atoms with Gasteiger partial charge in [0.15, 0.2) is 0 Å². The SMILES string of the molecule is CCc1c2c(nc3ccc(OC)cc13)-c1cc3c(c(=O)n1C2)COC(=O)[C@@]3(CC)OC(=O)[C@@H](C)ON=C1c2cc([N+](=O)[O-])cc([N+](=O)[O-])c2-c2c1cc([N+](=O)[O-])cc2[N+](=O)[O-]. The number of hydrogen-bond acceptors (Lipinski definition) is 17. The molecule has 0 bridgehead atoms. The minimum Gasteiger partial charge on any atom is -0.497 e. The van der Waals surface area contributed by atoms with Crippen molar-refractivity contribution < 1.29 is 48.3 Å². The normalized spacial score (nSPS) is 16.0. The molecule has 2 aromatic heterocycles. The number of fused-ring (bicyclic) bond motifs is 8. The van der Waals surface area contributed by atoms with Crippen molar-refractivity contribution in [3.8, 4) is 28.3 Å². The summed E-state index contributed by atoms with van der Waals surface area (Å²) >= 11 is 0. The predicted molar refractivity (Wildman–Crippen MR) is 209 cm³/mol. The predicted octanol–water partition coefficient (Wildman–Crippen LogP) is 5.67. The van der Waals surface area contributed by atoms with Gasteiger partial charge in [-0.25, -0.2) is 14.6 Å². The molecule has 0 N–H and O–H groups in total. The van der Waals surface area contributed by atoms with Crippen molar-refractivity contribution in [1.82, 2.24) is 9.55 Å². The largest absolute Gasteiger partial charge is 0.497 e. The number of oxime groups is 1. The number of benzene rings is 3. The van der Waals surface area contributed by atoms with E-state index in [2.05, 4.69) is 5.16 Å². The summed E-state index contributed by atoms with van der Waals surface area (Å²) in [6, 6.07) is 9.76. The molecule has 8 rings (SSSR count). The molecular formula is C39H29N7O15. The molecule has 0 amide bonds. The molecule has 22 nitrogen and oxygen atoms in total. The summed E-state index contributed by atoms with van der Waals surface area (Å²) in [6.45, 7) is 4.37. The number of non-ortho nitro benzene ring substituents is 2. The third-order valence-electron chi connectivity index (χ3n) is 11.0. The van der Waals surface area contributed by atoms with Gasteiger partial charge in [-0.1, -0.05) is 19.0 Å². The van der Waals surface area contributed by atoms with Gasteiger partial charge >= 0.3 is 11.9 Å². The molecule has 3 aliphatic rings. The fourth-order valence-electron chi connectivity index (χ4n) is 8.12. The van der Waals surface area contributed by atoms with Gasteiger partial charge in [-0.3, -0.25) is 45.3 Å². The van der Waals surface area contributed by atoms with Gasteiger partial charge in [-0.15, -0.1) is 0 Å². The second-order valence-corrected chi connectivity index (χ2v) is 14.1. The number of cyclic esters (lactones) is 1. The molecule has 1 aliphatic carbocycles. The second-order valence-electron chi connectivity index (χ2n) is 14.1. The van der Waals surface area contributed by atoms with Crippen molar-refractivity contribution in [3.63, 3.8) is 0 Å². The van der Waals surface area contributed by atoms with Crippen LogP contribution in [0.1, 0.15) is 60.6 Å². The van der Waals surface area contributed by atoms with Crippen LogP contribution in [0.5, 0.6) is 5.75 Å². The first-order chi connectivity index (χ1) is 29.0. The zero-order chi connectivity index (χ0) is 43.8. The van der Waals surface area contributed by atoms with Crippen molar-refractivity contribution in [2.45, 2.75) is 58.5 Å². The van der Waals surface area contributed by atoms with E-state index in [1.54, 1.807) is 25.3 Å². The van der Waals surface area contributed by atoms with Crippen LogP contribution >= 0.6 is 0 Å². The Kier molecular flexibility index (Phi) is 9.28. The lowest BCUT2D eigenvalue weighted by molar-refractivity contribution is -0.395. The lowest BCUT2D eigenvalue weighted by atomic mass is 9.85. The van der Waals surface area contributed by atoms with E-state index in [0.29, 0.717) is 41.2 Å². The molecular weight excluding hydrogens is 806 g/mol. The van der Waals surface area contributed by atoms with E-state index in [0.717, 1.165) is 35.6 Å². The molecule has 2 aliphatic heterocycles. The summed E-state index contributed by atoms with van der Waals surface area (Å²) in [7, 11) is 1.55. The molecule has 0 spiro atoms. The summed E-state index contributed by atoms with van der Waals surface area (Å²) in [5.74, 6) is -1.61. The Hall–Kier alpha value is -8.17. The number of ether oxygens (including phenoxy) is 3.